The first-order valence-electron chi connectivity index (χ1n) is 3.00. The molecule has 0 heterocycles. The molecule has 0 amide bonds. The molecule has 0 aromatic carbocycles. The zero-order valence-corrected chi connectivity index (χ0v) is 8.09. The van der Waals surface area contributed by atoms with Crippen LogP contribution < -0.4 is 0 Å². The van der Waals surface area contributed by atoms with Crippen LogP contribution in [0.1, 0.15) is 6.92 Å². The van der Waals surface area contributed by atoms with E-state index in [9.17, 15) is 13.9 Å². The fraction of sp³-hybridized carbons (Fsp3) is 0.750. The van der Waals surface area contributed by atoms with Gasteiger partial charge < -0.3 is 4.74 Å². The molecule has 0 aromatic rings. The Hall–Kier alpha value is -0.410. The highest BCUT2D eigenvalue weighted by atomic mass is 31.2. The van der Waals surface area contributed by atoms with Gasteiger partial charge in [0.2, 0.25) is 0 Å². The molecular weight excluding hydrogens is 206 g/mol. The minimum Gasteiger partial charge on any atom is -0.463 e. The number of hydrogen-bond acceptors (Lipinski definition) is 5. The third kappa shape index (κ3) is 6.31. The van der Waals surface area contributed by atoms with Gasteiger partial charge in [0.15, 0.2) is 0 Å². The molecule has 0 rings (SSSR count). The molecule has 2 unspecified atom stereocenters. The third-order valence-corrected chi connectivity index (χ3v) is 2.53. The molecule has 0 aliphatic heterocycles. The van der Waals surface area contributed by atoms with Crippen LogP contribution in [0.2, 0.25) is 0 Å². The van der Waals surface area contributed by atoms with Gasteiger partial charge in [-0.25, -0.2) is 4.79 Å². The van der Waals surface area contributed by atoms with Crippen LogP contribution >= 0.6 is 16.3 Å². The van der Waals surface area contributed by atoms with Crippen molar-refractivity contribution in [3.8, 4) is 0 Å². The van der Waals surface area contributed by atoms with Gasteiger partial charge in [-0.15, -0.1) is 4.89 Å². The van der Waals surface area contributed by atoms with Gasteiger partial charge in [-0.2, -0.15) is 0 Å². The Kier molecular flexibility index (Phi) is 5.93. The standard InChI is InChI=1S/C4H7O6P2/c1-2-9-4(5)3-11(6)10-12(7)8/h2-3H2,1H3/q+1/p+1. The first-order chi connectivity index (χ1) is 5.56. The Morgan fingerprint density at radius 2 is 2.08 bits per heavy atom. The van der Waals surface area contributed by atoms with E-state index in [-0.39, 0.29) is 6.61 Å². The van der Waals surface area contributed by atoms with E-state index in [1.807, 2.05) is 0 Å². The van der Waals surface area contributed by atoms with Gasteiger partial charge >= 0.3 is 22.3 Å². The van der Waals surface area contributed by atoms with Crippen molar-refractivity contribution in [2.24, 2.45) is 0 Å². The monoisotopic (exact) mass is 214 g/mol. The van der Waals surface area contributed by atoms with Crippen LogP contribution in [0, 0.1) is 0 Å². The first kappa shape index (κ1) is 11.6. The minimum atomic E-state index is -2.92. The summed E-state index contributed by atoms with van der Waals surface area (Å²) in [5, 5.41) is 0. The van der Waals surface area contributed by atoms with Crippen molar-refractivity contribution < 1.29 is 27.9 Å². The highest BCUT2D eigenvalue weighted by molar-refractivity contribution is 7.50. The van der Waals surface area contributed by atoms with Crippen LogP contribution in [0.25, 0.3) is 0 Å². The highest BCUT2D eigenvalue weighted by Crippen LogP contribution is 2.34. The van der Waals surface area contributed by atoms with E-state index in [0.717, 1.165) is 0 Å². The largest absolute Gasteiger partial charge is 0.742 e. The molecule has 0 aromatic heterocycles. The Morgan fingerprint density at radius 1 is 1.50 bits per heavy atom. The summed E-state index contributed by atoms with van der Waals surface area (Å²) in [6.07, 6.45) is -0.495. The van der Waals surface area contributed by atoms with E-state index in [0.29, 0.717) is 0 Å². The molecule has 0 aliphatic rings. The second kappa shape index (κ2) is 6.14. The van der Waals surface area contributed by atoms with Crippen molar-refractivity contribution in [1.82, 2.24) is 0 Å². The highest BCUT2D eigenvalue weighted by Gasteiger charge is 2.36. The number of hydrogen-bond donors (Lipinski definition) is 1. The fourth-order valence-electron chi connectivity index (χ4n) is 0.419. The molecule has 0 aliphatic carbocycles. The van der Waals surface area contributed by atoms with Crippen LogP contribution in [-0.2, 0) is 23.0 Å². The fourth-order valence-corrected chi connectivity index (χ4v) is 1.58. The smallest absolute Gasteiger partial charge is 0.463 e. The summed E-state index contributed by atoms with van der Waals surface area (Å²) >= 11 is 0. The van der Waals surface area contributed by atoms with E-state index >= 15 is 0 Å². The topological polar surface area (TPSA) is 89.9 Å². The zero-order valence-electron chi connectivity index (χ0n) is 6.30. The van der Waals surface area contributed by atoms with Gasteiger partial charge in [0.1, 0.15) is 4.31 Å². The third-order valence-electron chi connectivity index (χ3n) is 0.724. The van der Waals surface area contributed by atoms with E-state index in [4.69, 9.17) is 4.89 Å². The lowest BCUT2D eigenvalue weighted by atomic mass is 10.8. The summed E-state index contributed by atoms with van der Waals surface area (Å²) in [5.41, 5.74) is 0. The Bertz CT molecular complexity index is 202. The summed E-state index contributed by atoms with van der Waals surface area (Å²) in [5.74, 6) is -0.713. The summed E-state index contributed by atoms with van der Waals surface area (Å²) in [6.45, 7) is 1.77. The minimum absolute atomic E-state index is 0.174. The Labute approximate surface area is 70.7 Å². The number of esters is 1. The van der Waals surface area contributed by atoms with Crippen LogP contribution in [-0.4, -0.2) is 23.6 Å². The van der Waals surface area contributed by atoms with Crippen LogP contribution in [0.15, 0.2) is 0 Å². The second-order valence-electron chi connectivity index (χ2n) is 1.62. The summed E-state index contributed by atoms with van der Waals surface area (Å²) < 4.78 is 28.9. The van der Waals surface area contributed by atoms with Gasteiger partial charge in [-0.05, 0) is 11.5 Å². The summed E-state index contributed by atoms with van der Waals surface area (Å²) in [6, 6.07) is 0. The number of carbonyl (C=O) groups excluding carboxylic acids is 1. The summed E-state index contributed by atoms with van der Waals surface area (Å²) in [7, 11) is -5.35. The Balaban J connectivity index is 3.69. The van der Waals surface area contributed by atoms with Gasteiger partial charge in [-0.3, -0.25) is 0 Å². The number of rotatable bonds is 5. The Morgan fingerprint density at radius 3 is 2.50 bits per heavy atom. The number of ether oxygens (including phenoxy) is 1. The molecule has 2 atom stereocenters. The molecule has 0 saturated heterocycles. The van der Waals surface area contributed by atoms with Crippen molar-refractivity contribution in [2.75, 3.05) is 12.8 Å². The van der Waals surface area contributed by atoms with Gasteiger partial charge in [0, 0.05) is 4.57 Å². The van der Waals surface area contributed by atoms with Crippen molar-refractivity contribution in [1.29, 1.82) is 0 Å². The van der Waals surface area contributed by atoms with Crippen molar-refractivity contribution in [2.45, 2.75) is 6.92 Å². The van der Waals surface area contributed by atoms with Gasteiger partial charge in [-0.1, -0.05) is 0 Å². The lowest BCUT2D eigenvalue weighted by molar-refractivity contribution is -0.140. The van der Waals surface area contributed by atoms with Crippen molar-refractivity contribution in [3.05, 3.63) is 0 Å². The quantitative estimate of drug-likeness (QED) is 0.541. The molecule has 0 spiro atoms. The predicted molar refractivity (Wildman–Crippen MR) is 40.0 cm³/mol. The normalized spacial score (nSPS) is 12.2. The summed E-state index contributed by atoms with van der Waals surface area (Å²) in [4.78, 5) is 18.7. The zero-order chi connectivity index (χ0) is 9.56. The van der Waals surface area contributed by atoms with Crippen molar-refractivity contribution in [3.63, 3.8) is 0 Å². The number of carbonyl (C=O) groups is 1. The molecule has 0 fully saturated rings. The molecule has 12 heavy (non-hydrogen) atoms. The maximum atomic E-state index is 10.6. The molecule has 1 N–H and O–H groups in total. The maximum Gasteiger partial charge on any atom is 0.742 e. The van der Waals surface area contributed by atoms with Crippen LogP contribution in [0.5, 0.6) is 0 Å². The average Bonchev–Trinajstić information content (AvgIpc) is 1.84. The van der Waals surface area contributed by atoms with Gasteiger partial charge in [0.25, 0.3) is 6.16 Å². The first-order valence-corrected chi connectivity index (χ1v) is 5.50. The maximum absolute atomic E-state index is 10.6. The molecule has 6 nitrogen and oxygen atoms in total. The predicted octanol–water partition coefficient (Wildman–Crippen LogP) is 0.958. The van der Waals surface area contributed by atoms with Gasteiger partial charge in [0.05, 0.1) is 6.61 Å². The van der Waals surface area contributed by atoms with Crippen LogP contribution in [0.3, 0.4) is 0 Å². The molecule has 8 heteroatoms. The van der Waals surface area contributed by atoms with Crippen molar-refractivity contribution >= 4 is 22.3 Å². The average molecular weight is 214 g/mol. The van der Waals surface area contributed by atoms with Crippen LogP contribution in [0.4, 0.5) is 0 Å². The molecule has 0 bridgehead atoms. The van der Waals surface area contributed by atoms with E-state index in [1.165, 1.54) is 0 Å². The van der Waals surface area contributed by atoms with E-state index in [1.54, 1.807) is 6.92 Å². The molecule has 0 radical (unpaired) electrons. The second-order valence-corrected chi connectivity index (χ2v) is 3.73. The molecule has 0 saturated carbocycles. The molecule has 68 valence electrons. The SMILES string of the molecule is CCOC(=O)C[P+](=O)O[P+](=O)O. The lowest BCUT2D eigenvalue weighted by Gasteiger charge is -1.91. The van der Waals surface area contributed by atoms with E-state index in [2.05, 4.69) is 9.05 Å². The lowest BCUT2D eigenvalue weighted by Crippen LogP contribution is -2.06. The molecular formula is C4H8O6P2+2. The van der Waals surface area contributed by atoms with E-state index < -0.39 is 28.4 Å².